The molecule has 3 heteroatoms. The lowest BCUT2D eigenvalue weighted by molar-refractivity contribution is 0.203. The molecule has 2 N–H and O–H groups in total. The van der Waals surface area contributed by atoms with Crippen LogP contribution in [0.4, 0.5) is 0 Å². The first-order chi connectivity index (χ1) is 9.84. The molecule has 0 aromatic carbocycles. The van der Waals surface area contributed by atoms with Crippen molar-refractivity contribution in [1.29, 1.82) is 0 Å². The topological polar surface area (TPSA) is 37.0 Å². The Hall–Kier alpha value is -0.930. The molecule has 1 aromatic heterocycles. The summed E-state index contributed by atoms with van der Waals surface area (Å²) in [5.41, 5.74) is 1.35. The first kappa shape index (κ1) is 14.0. The van der Waals surface area contributed by atoms with E-state index >= 15 is 0 Å². The summed E-state index contributed by atoms with van der Waals surface area (Å²) in [6.07, 6.45) is 12.0. The number of aromatic nitrogens is 1. The highest BCUT2D eigenvalue weighted by Crippen LogP contribution is 2.32. The van der Waals surface area contributed by atoms with E-state index in [0.29, 0.717) is 12.1 Å². The molecule has 3 rings (SSSR count). The first-order valence-electron chi connectivity index (χ1n) is 8.24. The Morgan fingerprint density at radius 3 is 2.70 bits per heavy atom. The van der Waals surface area contributed by atoms with Crippen molar-refractivity contribution in [2.45, 2.75) is 63.6 Å². The van der Waals surface area contributed by atoms with Gasteiger partial charge in [0.2, 0.25) is 0 Å². The highest BCUT2D eigenvalue weighted by Gasteiger charge is 2.33. The van der Waals surface area contributed by atoms with E-state index < -0.39 is 0 Å². The summed E-state index contributed by atoms with van der Waals surface area (Å²) in [4.78, 5) is 4.11. The summed E-state index contributed by atoms with van der Waals surface area (Å²) in [6.45, 7) is 3.50. The van der Waals surface area contributed by atoms with E-state index in [-0.39, 0.29) is 0 Å². The van der Waals surface area contributed by atoms with Gasteiger partial charge in [-0.2, -0.15) is 0 Å². The summed E-state index contributed by atoms with van der Waals surface area (Å²) in [5, 5.41) is 7.61. The molecule has 4 atom stereocenters. The molecule has 0 spiro atoms. The maximum absolute atomic E-state index is 4.11. The molecule has 1 aromatic rings. The van der Waals surface area contributed by atoms with Crippen molar-refractivity contribution in [1.82, 2.24) is 15.6 Å². The number of rotatable bonds is 4. The van der Waals surface area contributed by atoms with E-state index in [2.05, 4.69) is 34.7 Å². The largest absolute Gasteiger partial charge is 0.314 e. The van der Waals surface area contributed by atoms with E-state index in [1.54, 1.807) is 0 Å². The summed E-state index contributed by atoms with van der Waals surface area (Å²) < 4.78 is 0. The van der Waals surface area contributed by atoms with Crippen LogP contribution in [-0.4, -0.2) is 23.6 Å². The normalized spacial score (nSPS) is 32.1. The third-order valence-electron chi connectivity index (χ3n) is 5.10. The van der Waals surface area contributed by atoms with E-state index in [1.165, 1.54) is 50.6 Å². The molecule has 110 valence electrons. The second-order valence-electron chi connectivity index (χ2n) is 6.43. The molecule has 0 amide bonds. The number of hydrogen-bond donors (Lipinski definition) is 2. The van der Waals surface area contributed by atoms with Crippen LogP contribution in [-0.2, 0) is 0 Å². The summed E-state index contributed by atoms with van der Waals surface area (Å²) in [7, 11) is 0. The lowest BCUT2D eigenvalue weighted by Gasteiger charge is -2.38. The van der Waals surface area contributed by atoms with Crippen LogP contribution in [0.1, 0.15) is 57.1 Å². The van der Waals surface area contributed by atoms with E-state index in [4.69, 9.17) is 0 Å². The Balaban J connectivity index is 1.64. The quantitative estimate of drug-likeness (QED) is 0.885. The molecular formula is C17H27N3. The molecule has 1 saturated heterocycles. The second kappa shape index (κ2) is 6.68. The van der Waals surface area contributed by atoms with Gasteiger partial charge in [0.25, 0.3) is 0 Å². The van der Waals surface area contributed by atoms with Crippen LogP contribution in [0.3, 0.4) is 0 Å². The van der Waals surface area contributed by atoms with Crippen molar-refractivity contribution >= 4 is 0 Å². The SMILES string of the molecule is CC(NC1CCCCC1C1CCCN1)c1ccncc1. The van der Waals surface area contributed by atoms with Gasteiger partial charge in [0.05, 0.1) is 0 Å². The molecule has 4 unspecified atom stereocenters. The third kappa shape index (κ3) is 3.21. The summed E-state index contributed by atoms with van der Waals surface area (Å²) >= 11 is 0. The van der Waals surface area contributed by atoms with Crippen molar-refractivity contribution in [2.75, 3.05) is 6.54 Å². The number of hydrogen-bond acceptors (Lipinski definition) is 3. The zero-order valence-corrected chi connectivity index (χ0v) is 12.5. The second-order valence-corrected chi connectivity index (χ2v) is 6.43. The van der Waals surface area contributed by atoms with Crippen LogP contribution < -0.4 is 10.6 Å². The highest BCUT2D eigenvalue weighted by atomic mass is 15.0. The van der Waals surface area contributed by atoms with Crippen LogP contribution >= 0.6 is 0 Å². The smallest absolute Gasteiger partial charge is 0.0295 e. The zero-order chi connectivity index (χ0) is 13.8. The monoisotopic (exact) mass is 273 g/mol. The molecule has 1 saturated carbocycles. The van der Waals surface area contributed by atoms with Gasteiger partial charge in [0.1, 0.15) is 0 Å². The zero-order valence-electron chi connectivity index (χ0n) is 12.5. The van der Waals surface area contributed by atoms with E-state index in [9.17, 15) is 0 Å². The highest BCUT2D eigenvalue weighted by molar-refractivity contribution is 5.14. The van der Waals surface area contributed by atoms with Crippen LogP contribution in [0.5, 0.6) is 0 Å². The Kier molecular flexibility index (Phi) is 4.69. The van der Waals surface area contributed by atoms with E-state index in [0.717, 1.165) is 12.0 Å². The van der Waals surface area contributed by atoms with Gasteiger partial charge < -0.3 is 10.6 Å². The minimum absolute atomic E-state index is 0.421. The molecule has 1 aliphatic carbocycles. The fourth-order valence-electron chi connectivity index (χ4n) is 3.99. The lowest BCUT2D eigenvalue weighted by atomic mass is 9.79. The van der Waals surface area contributed by atoms with Crippen LogP contribution in [0.15, 0.2) is 24.5 Å². The van der Waals surface area contributed by atoms with Gasteiger partial charge in [0, 0.05) is 30.5 Å². The Morgan fingerprint density at radius 2 is 1.95 bits per heavy atom. The predicted molar refractivity (Wildman–Crippen MR) is 82.6 cm³/mol. The van der Waals surface area contributed by atoms with Gasteiger partial charge >= 0.3 is 0 Å². The molecule has 2 aliphatic rings. The van der Waals surface area contributed by atoms with Gasteiger partial charge in [-0.05, 0) is 62.8 Å². The Bertz CT molecular complexity index is 400. The van der Waals surface area contributed by atoms with Gasteiger partial charge in [-0.3, -0.25) is 4.98 Å². The molecule has 20 heavy (non-hydrogen) atoms. The molecule has 0 bridgehead atoms. The summed E-state index contributed by atoms with van der Waals surface area (Å²) in [5.74, 6) is 0.815. The fraction of sp³-hybridized carbons (Fsp3) is 0.706. The average molecular weight is 273 g/mol. The standard InChI is InChI=1S/C17H27N3/c1-13(14-8-11-18-12-9-14)20-17-6-3-2-5-15(17)16-7-4-10-19-16/h8-9,11-13,15-17,19-20H,2-7,10H2,1H3. The van der Waals surface area contributed by atoms with Gasteiger partial charge in [-0.25, -0.2) is 0 Å². The molecule has 1 aliphatic heterocycles. The van der Waals surface area contributed by atoms with E-state index in [1.807, 2.05) is 12.4 Å². The molecule has 2 fully saturated rings. The fourth-order valence-corrected chi connectivity index (χ4v) is 3.99. The van der Waals surface area contributed by atoms with Crippen molar-refractivity contribution in [2.24, 2.45) is 5.92 Å². The average Bonchev–Trinajstić information content (AvgIpc) is 3.03. The molecule has 3 nitrogen and oxygen atoms in total. The number of nitrogens with one attached hydrogen (secondary N) is 2. The van der Waals surface area contributed by atoms with Crippen LogP contribution in [0.25, 0.3) is 0 Å². The van der Waals surface area contributed by atoms with Crippen molar-refractivity contribution in [3.05, 3.63) is 30.1 Å². The maximum atomic E-state index is 4.11. The Morgan fingerprint density at radius 1 is 1.15 bits per heavy atom. The summed E-state index contributed by atoms with van der Waals surface area (Å²) in [6, 6.07) is 6.09. The van der Waals surface area contributed by atoms with Crippen molar-refractivity contribution in [3.8, 4) is 0 Å². The molecule has 0 radical (unpaired) electrons. The predicted octanol–water partition coefficient (Wildman–Crippen LogP) is 3.04. The minimum atomic E-state index is 0.421. The third-order valence-corrected chi connectivity index (χ3v) is 5.10. The van der Waals surface area contributed by atoms with Gasteiger partial charge in [-0.1, -0.05) is 12.8 Å². The minimum Gasteiger partial charge on any atom is -0.314 e. The van der Waals surface area contributed by atoms with Crippen LogP contribution in [0.2, 0.25) is 0 Å². The molecular weight excluding hydrogens is 246 g/mol. The van der Waals surface area contributed by atoms with Gasteiger partial charge in [-0.15, -0.1) is 0 Å². The first-order valence-corrected chi connectivity index (χ1v) is 8.24. The lowest BCUT2D eigenvalue weighted by Crippen LogP contribution is -2.47. The van der Waals surface area contributed by atoms with Crippen molar-refractivity contribution in [3.63, 3.8) is 0 Å². The van der Waals surface area contributed by atoms with Gasteiger partial charge in [0.15, 0.2) is 0 Å². The molecule has 2 heterocycles. The van der Waals surface area contributed by atoms with Crippen molar-refractivity contribution < 1.29 is 0 Å². The van der Waals surface area contributed by atoms with Crippen LogP contribution in [0, 0.1) is 5.92 Å². The number of nitrogens with zero attached hydrogens (tertiary/aromatic N) is 1. The number of pyridine rings is 1. The Labute approximate surface area is 122 Å². The maximum Gasteiger partial charge on any atom is 0.0295 e.